The van der Waals surface area contributed by atoms with Crippen molar-refractivity contribution in [2.75, 3.05) is 23.3 Å². The summed E-state index contributed by atoms with van der Waals surface area (Å²) in [7, 11) is 0. The van der Waals surface area contributed by atoms with Crippen LogP contribution >= 0.6 is 0 Å². The molecular formula is C23H24N6O3. The van der Waals surface area contributed by atoms with Crippen LogP contribution in [0, 0.1) is 0 Å². The molecule has 1 aliphatic rings. The van der Waals surface area contributed by atoms with Crippen molar-refractivity contribution in [1.82, 2.24) is 20.8 Å². The number of carbonyl (C=O) groups is 2. The fourth-order valence-corrected chi connectivity index (χ4v) is 3.79. The van der Waals surface area contributed by atoms with Gasteiger partial charge in [0.2, 0.25) is 5.95 Å². The predicted molar refractivity (Wildman–Crippen MR) is 120 cm³/mol. The van der Waals surface area contributed by atoms with Gasteiger partial charge in [-0.05, 0) is 50.2 Å². The Labute approximate surface area is 185 Å². The van der Waals surface area contributed by atoms with E-state index in [-0.39, 0.29) is 17.4 Å². The van der Waals surface area contributed by atoms with Gasteiger partial charge in [0.1, 0.15) is 5.54 Å². The number of amides is 2. The number of anilines is 3. The lowest BCUT2D eigenvalue weighted by molar-refractivity contribution is -0.123. The third kappa shape index (κ3) is 4.43. The van der Waals surface area contributed by atoms with E-state index >= 15 is 0 Å². The van der Waals surface area contributed by atoms with Crippen LogP contribution in [-0.4, -0.2) is 45.6 Å². The number of nitrogens with one attached hydrogen (secondary N) is 3. The Hall–Kier alpha value is -3.82. The maximum Gasteiger partial charge on any atom is 0.277 e. The smallest absolute Gasteiger partial charge is 0.277 e. The van der Waals surface area contributed by atoms with E-state index in [1.54, 1.807) is 10.4 Å². The normalized spacial score (nSPS) is 14.9. The zero-order chi connectivity index (χ0) is 22.4. The maximum atomic E-state index is 14.1. The largest absolute Gasteiger partial charge is 0.340 e. The van der Waals surface area contributed by atoms with Crippen molar-refractivity contribution >= 4 is 29.1 Å². The van der Waals surface area contributed by atoms with Crippen LogP contribution in [-0.2, 0) is 4.79 Å². The summed E-state index contributed by atoms with van der Waals surface area (Å²) in [6.45, 7) is 1.31. The predicted octanol–water partition coefficient (Wildman–Crippen LogP) is 2.49. The van der Waals surface area contributed by atoms with Crippen molar-refractivity contribution in [2.24, 2.45) is 0 Å². The van der Waals surface area contributed by atoms with E-state index in [1.165, 1.54) is 12.4 Å². The second kappa shape index (κ2) is 9.54. The summed E-state index contributed by atoms with van der Waals surface area (Å²) < 4.78 is 0. The minimum absolute atomic E-state index is 0.110. The maximum absolute atomic E-state index is 14.1. The van der Waals surface area contributed by atoms with Gasteiger partial charge in [-0.1, -0.05) is 36.4 Å². The summed E-state index contributed by atoms with van der Waals surface area (Å²) >= 11 is 0. The van der Waals surface area contributed by atoms with Crippen molar-refractivity contribution in [3.8, 4) is 0 Å². The molecule has 9 heteroatoms. The van der Waals surface area contributed by atoms with Gasteiger partial charge >= 0.3 is 0 Å². The van der Waals surface area contributed by atoms with E-state index in [0.717, 1.165) is 11.4 Å². The standard InChI is InChI=1S/C23H24N6O3/c30-20(28-32)17-15-25-22(26-16-17)27-23(11-13-24-14-12-23)21(31)29(18-7-3-1-4-8-18)19-9-5-2-6-10-19/h1-10,15-16,24,32H,11-14H2,(H,28,30)(H,25,26,27). The molecule has 1 aromatic heterocycles. The second-order valence-corrected chi connectivity index (χ2v) is 7.51. The zero-order valence-electron chi connectivity index (χ0n) is 17.4. The molecular weight excluding hydrogens is 408 g/mol. The number of hydrogen-bond donors (Lipinski definition) is 4. The number of rotatable bonds is 6. The van der Waals surface area contributed by atoms with Crippen LogP contribution in [0.1, 0.15) is 23.2 Å². The molecule has 0 saturated carbocycles. The highest BCUT2D eigenvalue weighted by molar-refractivity contribution is 6.07. The van der Waals surface area contributed by atoms with Gasteiger partial charge < -0.3 is 10.6 Å². The van der Waals surface area contributed by atoms with Crippen LogP contribution in [0.2, 0.25) is 0 Å². The van der Waals surface area contributed by atoms with Gasteiger partial charge in [0.25, 0.3) is 11.8 Å². The lowest BCUT2D eigenvalue weighted by atomic mass is 9.86. The lowest BCUT2D eigenvalue weighted by Crippen LogP contribution is -2.58. The number of piperidine rings is 1. The number of hydrogen-bond acceptors (Lipinski definition) is 7. The summed E-state index contributed by atoms with van der Waals surface area (Å²) in [5, 5.41) is 15.3. The van der Waals surface area contributed by atoms with Gasteiger partial charge in [-0.15, -0.1) is 0 Å². The highest BCUT2D eigenvalue weighted by Gasteiger charge is 2.43. The van der Waals surface area contributed by atoms with Crippen LogP contribution in [0.25, 0.3) is 0 Å². The monoisotopic (exact) mass is 432 g/mol. The van der Waals surface area contributed by atoms with Crippen LogP contribution in [0.3, 0.4) is 0 Å². The van der Waals surface area contributed by atoms with Gasteiger partial charge in [0.05, 0.1) is 5.56 Å². The lowest BCUT2D eigenvalue weighted by Gasteiger charge is -2.40. The van der Waals surface area contributed by atoms with Gasteiger partial charge in [-0.3, -0.25) is 19.7 Å². The molecule has 3 aromatic rings. The molecule has 32 heavy (non-hydrogen) atoms. The molecule has 2 heterocycles. The molecule has 0 bridgehead atoms. The SMILES string of the molecule is O=C(NO)c1cnc(NC2(C(=O)N(c3ccccc3)c3ccccc3)CCNCC2)nc1. The Kier molecular flexibility index (Phi) is 6.39. The first-order valence-electron chi connectivity index (χ1n) is 10.3. The first-order chi connectivity index (χ1) is 15.6. The highest BCUT2D eigenvalue weighted by atomic mass is 16.5. The molecule has 164 valence electrons. The molecule has 1 aliphatic heterocycles. The topological polar surface area (TPSA) is 119 Å². The molecule has 1 saturated heterocycles. The molecule has 0 spiro atoms. The highest BCUT2D eigenvalue weighted by Crippen LogP contribution is 2.33. The Morgan fingerprint density at radius 2 is 1.44 bits per heavy atom. The molecule has 2 amide bonds. The van der Waals surface area contributed by atoms with E-state index < -0.39 is 11.4 Å². The average molecular weight is 432 g/mol. The van der Waals surface area contributed by atoms with Gasteiger partial charge in [-0.25, -0.2) is 15.4 Å². The van der Waals surface area contributed by atoms with Gasteiger partial charge in [-0.2, -0.15) is 0 Å². The second-order valence-electron chi connectivity index (χ2n) is 7.51. The van der Waals surface area contributed by atoms with Crippen molar-refractivity contribution < 1.29 is 14.8 Å². The molecule has 0 atom stereocenters. The molecule has 2 aromatic carbocycles. The van der Waals surface area contributed by atoms with E-state index in [9.17, 15) is 9.59 Å². The fourth-order valence-electron chi connectivity index (χ4n) is 3.79. The summed E-state index contributed by atoms with van der Waals surface area (Å²) in [4.78, 5) is 35.8. The molecule has 4 N–H and O–H groups in total. The molecule has 9 nitrogen and oxygen atoms in total. The van der Waals surface area contributed by atoms with Crippen LogP contribution < -0.4 is 21.0 Å². The first-order valence-corrected chi connectivity index (χ1v) is 10.3. The average Bonchev–Trinajstić information content (AvgIpc) is 2.86. The van der Waals surface area contributed by atoms with Crippen LogP contribution in [0.5, 0.6) is 0 Å². The van der Waals surface area contributed by atoms with Crippen molar-refractivity contribution in [1.29, 1.82) is 0 Å². The summed E-state index contributed by atoms with van der Waals surface area (Å²) in [5.74, 6) is -0.587. The molecule has 1 fully saturated rings. The third-order valence-corrected chi connectivity index (χ3v) is 5.47. The van der Waals surface area contributed by atoms with Crippen molar-refractivity contribution in [3.63, 3.8) is 0 Å². The molecule has 4 rings (SSSR count). The number of hydroxylamine groups is 1. The van der Waals surface area contributed by atoms with E-state index in [1.807, 2.05) is 60.7 Å². The fraction of sp³-hybridized carbons (Fsp3) is 0.217. The third-order valence-electron chi connectivity index (χ3n) is 5.47. The minimum atomic E-state index is -0.947. The van der Waals surface area contributed by atoms with Crippen LogP contribution in [0.4, 0.5) is 17.3 Å². The Morgan fingerprint density at radius 3 is 1.94 bits per heavy atom. The molecule has 0 aliphatic carbocycles. The number of carbonyl (C=O) groups excluding carboxylic acids is 2. The first kappa shape index (κ1) is 21.4. The summed E-state index contributed by atoms with van der Waals surface area (Å²) in [5.41, 5.74) is 2.24. The van der Waals surface area contributed by atoms with E-state index in [4.69, 9.17) is 5.21 Å². The van der Waals surface area contributed by atoms with Crippen LogP contribution in [0.15, 0.2) is 73.1 Å². The number of benzene rings is 2. The number of para-hydroxylation sites is 2. The molecule has 0 radical (unpaired) electrons. The summed E-state index contributed by atoms with van der Waals surface area (Å²) in [6, 6.07) is 19.0. The Morgan fingerprint density at radius 1 is 0.906 bits per heavy atom. The van der Waals surface area contributed by atoms with Crippen molar-refractivity contribution in [2.45, 2.75) is 18.4 Å². The number of aromatic nitrogens is 2. The minimum Gasteiger partial charge on any atom is -0.340 e. The van der Waals surface area contributed by atoms with E-state index in [2.05, 4.69) is 20.6 Å². The quantitative estimate of drug-likeness (QED) is 0.349. The Balaban J connectivity index is 1.70. The van der Waals surface area contributed by atoms with E-state index in [0.29, 0.717) is 25.9 Å². The number of nitrogens with zero attached hydrogens (tertiary/aromatic N) is 3. The zero-order valence-corrected chi connectivity index (χ0v) is 17.4. The van der Waals surface area contributed by atoms with Gasteiger partial charge in [0, 0.05) is 23.8 Å². The van der Waals surface area contributed by atoms with Crippen molar-refractivity contribution in [3.05, 3.63) is 78.6 Å². The molecule has 0 unspecified atom stereocenters. The summed E-state index contributed by atoms with van der Waals surface area (Å²) in [6.07, 6.45) is 3.66. The van der Waals surface area contributed by atoms with Gasteiger partial charge in [0.15, 0.2) is 0 Å². The Bertz CT molecular complexity index is 1010.